The molecule has 1 aromatic carbocycles. The van der Waals surface area contributed by atoms with Gasteiger partial charge in [-0.1, -0.05) is 0 Å². The van der Waals surface area contributed by atoms with Gasteiger partial charge in [-0.05, 0) is 25.1 Å². The van der Waals surface area contributed by atoms with E-state index in [1.54, 1.807) is 6.92 Å². The summed E-state index contributed by atoms with van der Waals surface area (Å²) in [6, 6.07) is 4.06. The Hall–Kier alpha value is -2.24. The number of anilines is 1. The van der Waals surface area contributed by atoms with E-state index < -0.39 is 5.91 Å². The van der Waals surface area contributed by atoms with Gasteiger partial charge in [0.25, 0.3) is 5.91 Å². The summed E-state index contributed by atoms with van der Waals surface area (Å²) >= 11 is 0. The van der Waals surface area contributed by atoms with Gasteiger partial charge in [0.2, 0.25) is 5.91 Å². The highest BCUT2D eigenvalue weighted by atomic mass is 16.3. The molecule has 0 fully saturated rings. The Kier molecular flexibility index (Phi) is 4.33. The zero-order valence-electron chi connectivity index (χ0n) is 9.49. The number of phenolic OH excluding ortho intramolecular Hbond substituents is 1. The summed E-state index contributed by atoms with van der Waals surface area (Å²) in [6.45, 7) is 2.16. The highest BCUT2D eigenvalue weighted by Crippen LogP contribution is 2.17. The summed E-state index contributed by atoms with van der Waals surface area (Å²) in [5.41, 5.74) is 5.98. The normalized spacial score (nSPS) is 9.71. The van der Waals surface area contributed by atoms with Crippen LogP contribution >= 0.6 is 0 Å². The maximum Gasteiger partial charge on any atom is 0.253 e. The third kappa shape index (κ3) is 3.67. The summed E-state index contributed by atoms with van der Waals surface area (Å²) in [6.07, 6.45) is 0. The molecule has 1 rings (SSSR count). The zero-order chi connectivity index (χ0) is 12.8. The predicted molar refractivity (Wildman–Crippen MR) is 63.5 cm³/mol. The molecule has 17 heavy (non-hydrogen) atoms. The van der Waals surface area contributed by atoms with E-state index in [-0.39, 0.29) is 29.5 Å². The Morgan fingerprint density at radius 2 is 2.06 bits per heavy atom. The number of phenols is 1. The average Bonchev–Trinajstić information content (AvgIpc) is 2.29. The van der Waals surface area contributed by atoms with Gasteiger partial charge in [0, 0.05) is 12.2 Å². The van der Waals surface area contributed by atoms with Crippen molar-refractivity contribution in [3.63, 3.8) is 0 Å². The van der Waals surface area contributed by atoms with E-state index in [1.807, 2.05) is 0 Å². The van der Waals surface area contributed by atoms with Crippen LogP contribution in [0.5, 0.6) is 5.75 Å². The maximum absolute atomic E-state index is 11.6. The second-order valence-corrected chi connectivity index (χ2v) is 3.41. The predicted octanol–water partition coefficient (Wildman–Crippen LogP) is -0.160. The van der Waals surface area contributed by atoms with Crippen molar-refractivity contribution >= 4 is 17.5 Å². The van der Waals surface area contributed by atoms with E-state index in [1.165, 1.54) is 18.2 Å². The fourth-order valence-electron chi connectivity index (χ4n) is 1.26. The van der Waals surface area contributed by atoms with Crippen LogP contribution in [-0.4, -0.2) is 30.0 Å². The number of hydrogen-bond donors (Lipinski definition) is 4. The van der Waals surface area contributed by atoms with E-state index in [0.29, 0.717) is 6.54 Å². The molecule has 0 aliphatic carbocycles. The van der Waals surface area contributed by atoms with Gasteiger partial charge in [0.1, 0.15) is 5.75 Å². The number of nitrogens with two attached hydrogens (primary N) is 1. The largest absolute Gasteiger partial charge is 0.508 e. The highest BCUT2D eigenvalue weighted by molar-refractivity contribution is 6.01. The molecular weight excluding hydrogens is 222 g/mol. The molecule has 0 aliphatic heterocycles. The molecule has 2 amide bonds. The Balaban J connectivity index is 2.64. The molecular formula is C11H15N3O3. The molecule has 5 N–H and O–H groups in total. The first-order valence-corrected chi connectivity index (χ1v) is 5.18. The Labute approximate surface area is 98.8 Å². The summed E-state index contributed by atoms with van der Waals surface area (Å²) in [4.78, 5) is 22.8. The number of aromatic hydroxyl groups is 1. The molecule has 0 aliphatic rings. The molecule has 0 atom stereocenters. The minimum atomic E-state index is -0.496. The molecule has 0 spiro atoms. The third-order valence-electron chi connectivity index (χ3n) is 2.06. The number of nitrogens with one attached hydrogen (secondary N) is 2. The van der Waals surface area contributed by atoms with E-state index in [0.717, 1.165) is 0 Å². The van der Waals surface area contributed by atoms with E-state index in [4.69, 9.17) is 5.73 Å². The van der Waals surface area contributed by atoms with Crippen molar-refractivity contribution in [1.29, 1.82) is 0 Å². The Morgan fingerprint density at radius 1 is 1.35 bits per heavy atom. The van der Waals surface area contributed by atoms with Crippen molar-refractivity contribution in [2.24, 2.45) is 0 Å². The maximum atomic E-state index is 11.6. The highest BCUT2D eigenvalue weighted by Gasteiger charge is 2.11. The summed E-state index contributed by atoms with van der Waals surface area (Å²) in [7, 11) is 0. The molecule has 0 radical (unpaired) electrons. The van der Waals surface area contributed by atoms with E-state index >= 15 is 0 Å². The number of likely N-dealkylation sites (N-methyl/N-ethyl adjacent to an activating group) is 1. The number of rotatable bonds is 4. The van der Waals surface area contributed by atoms with Gasteiger partial charge in [0.15, 0.2) is 0 Å². The van der Waals surface area contributed by atoms with Crippen molar-refractivity contribution in [2.45, 2.75) is 6.92 Å². The van der Waals surface area contributed by atoms with Crippen LogP contribution in [0.25, 0.3) is 0 Å². The second kappa shape index (κ2) is 5.74. The lowest BCUT2D eigenvalue weighted by Crippen LogP contribution is -2.36. The van der Waals surface area contributed by atoms with Gasteiger partial charge in [-0.25, -0.2) is 0 Å². The number of carbonyl (C=O) groups excluding carboxylic acids is 2. The Morgan fingerprint density at radius 3 is 2.71 bits per heavy atom. The minimum Gasteiger partial charge on any atom is -0.508 e. The molecule has 0 saturated carbocycles. The molecule has 1 aromatic rings. The molecule has 0 heterocycles. The molecule has 0 bridgehead atoms. The number of amides is 2. The summed E-state index contributed by atoms with van der Waals surface area (Å²) in [5.74, 6) is -0.827. The minimum absolute atomic E-state index is 0.0534. The zero-order valence-corrected chi connectivity index (χ0v) is 9.49. The summed E-state index contributed by atoms with van der Waals surface area (Å²) in [5, 5.41) is 14.2. The van der Waals surface area contributed by atoms with Gasteiger partial charge in [-0.2, -0.15) is 0 Å². The first-order chi connectivity index (χ1) is 8.04. The van der Waals surface area contributed by atoms with Gasteiger partial charge < -0.3 is 21.5 Å². The van der Waals surface area contributed by atoms with Crippen LogP contribution in [0, 0.1) is 0 Å². The first kappa shape index (κ1) is 12.8. The van der Waals surface area contributed by atoms with Gasteiger partial charge in [-0.15, -0.1) is 0 Å². The summed E-state index contributed by atoms with van der Waals surface area (Å²) < 4.78 is 0. The standard InChI is InChI=1S/C11H15N3O3/c1-2-13-10(16)6-14-11(17)8-5-7(15)3-4-9(8)12/h3-5,15H,2,6,12H2,1H3,(H,13,16)(H,14,17). The second-order valence-electron chi connectivity index (χ2n) is 3.41. The number of carbonyl (C=O) groups is 2. The lowest BCUT2D eigenvalue weighted by Gasteiger charge is -2.07. The monoisotopic (exact) mass is 237 g/mol. The number of nitrogen functional groups attached to an aromatic ring is 1. The lowest BCUT2D eigenvalue weighted by molar-refractivity contribution is -0.120. The molecule has 6 heteroatoms. The topological polar surface area (TPSA) is 104 Å². The lowest BCUT2D eigenvalue weighted by atomic mass is 10.1. The van der Waals surface area contributed by atoms with Crippen LogP contribution in [-0.2, 0) is 4.79 Å². The molecule has 0 aromatic heterocycles. The van der Waals surface area contributed by atoms with Gasteiger partial charge in [-0.3, -0.25) is 9.59 Å². The van der Waals surface area contributed by atoms with Gasteiger partial charge in [0.05, 0.1) is 12.1 Å². The number of hydrogen-bond acceptors (Lipinski definition) is 4. The fraction of sp³-hybridized carbons (Fsp3) is 0.273. The molecule has 92 valence electrons. The fourth-order valence-corrected chi connectivity index (χ4v) is 1.26. The van der Waals surface area contributed by atoms with Crippen LogP contribution in [0.4, 0.5) is 5.69 Å². The van der Waals surface area contributed by atoms with Crippen molar-refractivity contribution in [3.8, 4) is 5.75 Å². The third-order valence-corrected chi connectivity index (χ3v) is 2.06. The van der Waals surface area contributed by atoms with Crippen LogP contribution in [0.1, 0.15) is 17.3 Å². The van der Waals surface area contributed by atoms with Crippen LogP contribution in [0.15, 0.2) is 18.2 Å². The van der Waals surface area contributed by atoms with Crippen molar-refractivity contribution in [1.82, 2.24) is 10.6 Å². The SMILES string of the molecule is CCNC(=O)CNC(=O)c1cc(O)ccc1N. The van der Waals surface area contributed by atoms with E-state index in [9.17, 15) is 14.7 Å². The van der Waals surface area contributed by atoms with E-state index in [2.05, 4.69) is 10.6 Å². The first-order valence-electron chi connectivity index (χ1n) is 5.18. The molecule has 0 saturated heterocycles. The van der Waals surface area contributed by atoms with Crippen LogP contribution in [0.3, 0.4) is 0 Å². The average molecular weight is 237 g/mol. The Bertz CT molecular complexity index is 432. The van der Waals surface area contributed by atoms with Crippen LogP contribution in [0.2, 0.25) is 0 Å². The van der Waals surface area contributed by atoms with Crippen LogP contribution < -0.4 is 16.4 Å². The molecule has 6 nitrogen and oxygen atoms in total. The number of benzene rings is 1. The van der Waals surface area contributed by atoms with Crippen molar-refractivity contribution in [2.75, 3.05) is 18.8 Å². The van der Waals surface area contributed by atoms with Crippen molar-refractivity contribution in [3.05, 3.63) is 23.8 Å². The smallest absolute Gasteiger partial charge is 0.253 e. The quantitative estimate of drug-likeness (QED) is 0.431. The molecule has 0 unspecified atom stereocenters. The van der Waals surface area contributed by atoms with Crippen molar-refractivity contribution < 1.29 is 14.7 Å². The van der Waals surface area contributed by atoms with Gasteiger partial charge >= 0.3 is 0 Å².